The lowest BCUT2D eigenvalue weighted by atomic mass is 9.87. The highest BCUT2D eigenvalue weighted by atomic mass is 32.1. The van der Waals surface area contributed by atoms with Crippen LogP contribution in [-0.4, -0.2) is 11.1 Å². The Morgan fingerprint density at radius 2 is 2.40 bits per heavy atom. The number of aromatic carboxylic acids is 1. The van der Waals surface area contributed by atoms with Crippen LogP contribution in [0.3, 0.4) is 0 Å². The second-order valence-corrected chi connectivity index (χ2v) is 5.00. The summed E-state index contributed by atoms with van der Waals surface area (Å²) in [6.45, 7) is 2.22. The van der Waals surface area contributed by atoms with E-state index in [1.54, 1.807) is 0 Å². The third kappa shape index (κ3) is 2.12. The quantitative estimate of drug-likeness (QED) is 0.829. The van der Waals surface area contributed by atoms with Gasteiger partial charge in [0.1, 0.15) is 4.88 Å². The van der Waals surface area contributed by atoms with Gasteiger partial charge in [-0.15, -0.1) is 11.3 Å². The van der Waals surface area contributed by atoms with Crippen LogP contribution in [0.15, 0.2) is 17.5 Å². The van der Waals surface area contributed by atoms with Gasteiger partial charge in [-0.1, -0.05) is 13.0 Å². The molecule has 1 aromatic rings. The van der Waals surface area contributed by atoms with Crippen LogP contribution in [0.1, 0.15) is 41.4 Å². The van der Waals surface area contributed by atoms with E-state index in [-0.39, 0.29) is 0 Å². The van der Waals surface area contributed by atoms with Gasteiger partial charge in [-0.25, -0.2) is 4.79 Å². The van der Waals surface area contributed by atoms with Gasteiger partial charge in [-0.05, 0) is 42.2 Å². The summed E-state index contributed by atoms with van der Waals surface area (Å²) in [6, 6.07) is 1.93. The SMILES string of the molecule is CC1CCC=C(c2ccsc2C(=O)O)C1. The van der Waals surface area contributed by atoms with Crippen LogP contribution in [0.25, 0.3) is 5.57 Å². The molecule has 0 bridgehead atoms. The number of rotatable bonds is 2. The van der Waals surface area contributed by atoms with Crippen molar-refractivity contribution in [1.29, 1.82) is 0 Å². The highest BCUT2D eigenvalue weighted by molar-refractivity contribution is 7.12. The van der Waals surface area contributed by atoms with Crippen LogP contribution in [0.5, 0.6) is 0 Å². The van der Waals surface area contributed by atoms with Crippen molar-refractivity contribution in [2.24, 2.45) is 5.92 Å². The Balaban J connectivity index is 2.33. The van der Waals surface area contributed by atoms with E-state index in [2.05, 4.69) is 13.0 Å². The third-order valence-corrected chi connectivity index (χ3v) is 3.73. The fourth-order valence-electron chi connectivity index (χ4n) is 2.05. The summed E-state index contributed by atoms with van der Waals surface area (Å²) in [5.41, 5.74) is 2.14. The Bertz CT molecular complexity index is 404. The molecular formula is C12H14O2S. The molecule has 0 fully saturated rings. The molecule has 1 heterocycles. The summed E-state index contributed by atoms with van der Waals surface area (Å²) in [5, 5.41) is 10.9. The van der Waals surface area contributed by atoms with Crippen molar-refractivity contribution >= 4 is 22.9 Å². The number of hydrogen-bond acceptors (Lipinski definition) is 2. The van der Waals surface area contributed by atoms with Crippen molar-refractivity contribution in [3.05, 3.63) is 28.0 Å². The van der Waals surface area contributed by atoms with Gasteiger partial charge in [0.05, 0.1) is 0 Å². The van der Waals surface area contributed by atoms with Crippen LogP contribution in [0.4, 0.5) is 0 Å². The Morgan fingerprint density at radius 3 is 3.07 bits per heavy atom. The topological polar surface area (TPSA) is 37.3 Å². The van der Waals surface area contributed by atoms with Crippen LogP contribution in [0, 0.1) is 5.92 Å². The Kier molecular flexibility index (Phi) is 2.91. The number of carboxylic acids is 1. The summed E-state index contributed by atoms with van der Waals surface area (Å²) in [5.74, 6) is -0.134. The molecule has 1 aliphatic carbocycles. The Morgan fingerprint density at radius 1 is 1.60 bits per heavy atom. The molecule has 3 heteroatoms. The van der Waals surface area contributed by atoms with Crippen LogP contribution < -0.4 is 0 Å². The van der Waals surface area contributed by atoms with E-state index in [4.69, 9.17) is 5.11 Å². The summed E-state index contributed by atoms with van der Waals surface area (Å²) in [4.78, 5) is 11.5. The zero-order valence-corrected chi connectivity index (χ0v) is 9.51. The number of thiophene rings is 1. The molecule has 0 saturated carbocycles. The van der Waals surface area contributed by atoms with E-state index in [1.165, 1.54) is 23.3 Å². The van der Waals surface area contributed by atoms with E-state index in [1.807, 2.05) is 11.4 Å². The van der Waals surface area contributed by atoms with Gasteiger partial charge in [0, 0.05) is 5.56 Å². The standard InChI is InChI=1S/C12H14O2S/c1-8-3-2-4-9(7-8)10-5-6-15-11(10)12(13)14/h4-6,8H,2-3,7H2,1H3,(H,13,14). The highest BCUT2D eigenvalue weighted by Gasteiger charge is 2.18. The highest BCUT2D eigenvalue weighted by Crippen LogP contribution is 2.34. The average molecular weight is 222 g/mol. The molecule has 0 aliphatic heterocycles. The molecule has 0 aromatic carbocycles. The van der Waals surface area contributed by atoms with Gasteiger partial charge >= 0.3 is 5.97 Å². The molecule has 15 heavy (non-hydrogen) atoms. The zero-order chi connectivity index (χ0) is 10.8. The lowest BCUT2D eigenvalue weighted by Gasteiger charge is -2.18. The second-order valence-electron chi connectivity index (χ2n) is 4.08. The third-order valence-electron chi connectivity index (χ3n) is 2.82. The maximum atomic E-state index is 11.0. The van der Waals surface area contributed by atoms with Gasteiger partial charge in [0.2, 0.25) is 0 Å². The van der Waals surface area contributed by atoms with Crippen LogP contribution >= 0.6 is 11.3 Å². The largest absolute Gasteiger partial charge is 0.477 e. The van der Waals surface area contributed by atoms with Crippen molar-refractivity contribution in [2.45, 2.75) is 26.2 Å². The minimum Gasteiger partial charge on any atom is -0.477 e. The number of carbonyl (C=O) groups is 1. The minimum absolute atomic E-state index is 0.482. The van der Waals surface area contributed by atoms with Gasteiger partial charge in [-0.2, -0.15) is 0 Å². The fraction of sp³-hybridized carbons (Fsp3) is 0.417. The van der Waals surface area contributed by atoms with E-state index >= 15 is 0 Å². The van der Waals surface area contributed by atoms with Crippen LogP contribution in [-0.2, 0) is 0 Å². The number of hydrogen-bond donors (Lipinski definition) is 1. The molecule has 0 spiro atoms. The average Bonchev–Trinajstić information content (AvgIpc) is 2.65. The lowest BCUT2D eigenvalue weighted by molar-refractivity contribution is 0.0702. The van der Waals surface area contributed by atoms with Gasteiger partial charge < -0.3 is 5.11 Å². The van der Waals surface area contributed by atoms with Crippen molar-refractivity contribution in [1.82, 2.24) is 0 Å². The molecule has 1 unspecified atom stereocenters. The lowest BCUT2D eigenvalue weighted by Crippen LogP contribution is -2.04. The van der Waals surface area contributed by atoms with Crippen molar-refractivity contribution in [3.8, 4) is 0 Å². The first-order valence-corrected chi connectivity index (χ1v) is 6.06. The maximum Gasteiger partial charge on any atom is 0.346 e. The second kappa shape index (κ2) is 4.19. The predicted octanol–water partition coefficient (Wildman–Crippen LogP) is 3.65. The van der Waals surface area contributed by atoms with E-state index in [0.717, 1.165) is 18.4 Å². The molecule has 1 atom stereocenters. The normalized spacial score (nSPS) is 21.1. The summed E-state index contributed by atoms with van der Waals surface area (Å²) in [6.07, 6.45) is 5.49. The molecular weight excluding hydrogens is 208 g/mol. The maximum absolute atomic E-state index is 11.0. The summed E-state index contributed by atoms with van der Waals surface area (Å²) in [7, 11) is 0. The van der Waals surface area contributed by atoms with Crippen molar-refractivity contribution < 1.29 is 9.90 Å². The molecule has 0 saturated heterocycles. The number of carboxylic acid groups (broad SMARTS) is 1. The van der Waals surface area contributed by atoms with Gasteiger partial charge in [0.15, 0.2) is 0 Å². The molecule has 1 aliphatic rings. The first-order chi connectivity index (χ1) is 7.18. The first-order valence-electron chi connectivity index (χ1n) is 5.18. The van der Waals surface area contributed by atoms with Crippen molar-refractivity contribution in [3.63, 3.8) is 0 Å². The van der Waals surface area contributed by atoms with Crippen molar-refractivity contribution in [2.75, 3.05) is 0 Å². The summed E-state index contributed by atoms with van der Waals surface area (Å²) < 4.78 is 0. The Hall–Kier alpha value is -1.09. The van der Waals surface area contributed by atoms with Gasteiger partial charge in [0.25, 0.3) is 0 Å². The monoisotopic (exact) mass is 222 g/mol. The van der Waals surface area contributed by atoms with E-state index in [0.29, 0.717) is 10.8 Å². The smallest absolute Gasteiger partial charge is 0.346 e. The van der Waals surface area contributed by atoms with Crippen LogP contribution in [0.2, 0.25) is 0 Å². The Labute approximate surface area is 93.3 Å². The van der Waals surface area contributed by atoms with E-state index in [9.17, 15) is 4.79 Å². The molecule has 2 nitrogen and oxygen atoms in total. The summed E-state index contributed by atoms with van der Waals surface area (Å²) >= 11 is 1.31. The molecule has 0 radical (unpaired) electrons. The van der Waals surface area contributed by atoms with E-state index < -0.39 is 5.97 Å². The fourth-order valence-corrected chi connectivity index (χ4v) is 2.82. The van der Waals surface area contributed by atoms with Gasteiger partial charge in [-0.3, -0.25) is 0 Å². The number of allylic oxidation sites excluding steroid dienone is 2. The molecule has 80 valence electrons. The molecule has 0 amide bonds. The minimum atomic E-state index is -0.806. The molecule has 2 rings (SSSR count). The zero-order valence-electron chi connectivity index (χ0n) is 8.69. The molecule has 1 N–H and O–H groups in total. The predicted molar refractivity (Wildman–Crippen MR) is 62.3 cm³/mol. The first kappa shape index (κ1) is 10.4. The molecule has 1 aromatic heterocycles.